The van der Waals surface area contributed by atoms with Crippen molar-refractivity contribution in [2.45, 2.75) is 0 Å². The zero-order valence-electron chi connectivity index (χ0n) is 4.23. The molecule has 1 rings (SSSR count). The Balaban J connectivity index is 2.74. The third-order valence-corrected chi connectivity index (χ3v) is 1.03. The van der Waals surface area contributed by atoms with E-state index >= 15 is 0 Å². The summed E-state index contributed by atoms with van der Waals surface area (Å²) in [6, 6.07) is 0. The molecule has 0 aliphatic carbocycles. The van der Waals surface area contributed by atoms with Crippen LogP contribution in [0.25, 0.3) is 0 Å². The number of hydrazine groups is 1. The van der Waals surface area contributed by atoms with Crippen LogP contribution in [-0.2, 0) is 0 Å². The Morgan fingerprint density at radius 3 is 2.78 bits per heavy atom. The van der Waals surface area contributed by atoms with E-state index in [0.717, 1.165) is 0 Å². The molecule has 0 aromatic rings. The summed E-state index contributed by atoms with van der Waals surface area (Å²) in [6.45, 7) is 0. The first-order chi connectivity index (χ1) is 4.18. The summed E-state index contributed by atoms with van der Waals surface area (Å²) in [5.74, 6) is 6.86. The summed E-state index contributed by atoms with van der Waals surface area (Å²) in [6.07, 6.45) is 1.41. The number of hydrazone groups is 1. The van der Waals surface area contributed by atoms with Crippen molar-refractivity contribution in [2.24, 2.45) is 5.10 Å². The average molecular weight is 166 g/mol. The quantitative estimate of drug-likeness (QED) is 0.536. The number of nitrogens with one attached hydrogen (secondary N) is 2. The second-order valence-corrected chi connectivity index (χ2v) is 2.13. The van der Waals surface area contributed by atoms with Crippen molar-refractivity contribution in [1.82, 2.24) is 16.5 Å². The first-order valence-corrected chi connectivity index (χ1v) is 2.83. The molecule has 0 atom stereocenters. The van der Waals surface area contributed by atoms with Gasteiger partial charge in [-0.05, 0) is 0 Å². The van der Waals surface area contributed by atoms with E-state index in [4.69, 9.17) is 29.0 Å². The molecule has 4 nitrogen and oxygen atoms in total. The number of rotatable bonds is 0. The highest BCUT2D eigenvalue weighted by Crippen LogP contribution is 2.05. The smallest absolute Gasteiger partial charge is 0.155 e. The van der Waals surface area contributed by atoms with Crippen LogP contribution >= 0.6 is 23.2 Å². The Labute approximate surface area is 61.8 Å². The van der Waals surface area contributed by atoms with Crippen LogP contribution in [0.3, 0.4) is 0 Å². The van der Waals surface area contributed by atoms with Gasteiger partial charge < -0.3 is 0 Å². The first-order valence-electron chi connectivity index (χ1n) is 2.08. The van der Waals surface area contributed by atoms with Crippen molar-refractivity contribution in [3.05, 3.63) is 11.2 Å². The monoisotopic (exact) mass is 165 g/mol. The third kappa shape index (κ3) is 1.74. The fourth-order valence-corrected chi connectivity index (χ4v) is 0.811. The SMILES string of the molecule is [NH]N1N=C(Cl)C=C(Cl)N1. The number of hydrogen-bond donors (Lipinski definition) is 1. The van der Waals surface area contributed by atoms with E-state index in [1.54, 1.807) is 0 Å². The minimum absolute atomic E-state index is 0.189. The lowest BCUT2D eigenvalue weighted by molar-refractivity contribution is 0.217. The average Bonchev–Trinajstić information content (AvgIpc) is 1.59. The molecule has 0 unspecified atom stereocenters. The Hall–Kier alpha value is -0.450. The topological polar surface area (TPSA) is 51.4 Å². The number of halogens is 2. The Morgan fingerprint density at radius 2 is 2.33 bits per heavy atom. The Kier molecular flexibility index (Phi) is 1.80. The zero-order valence-corrected chi connectivity index (χ0v) is 5.74. The van der Waals surface area contributed by atoms with Crippen LogP contribution in [0.2, 0.25) is 0 Å². The standard InChI is InChI=1S/C3H3Cl2N4/c4-2-1-3(5)8-9(6)7-2/h1,6-7H. The normalized spacial score (nSPS) is 18.3. The van der Waals surface area contributed by atoms with E-state index in [-0.39, 0.29) is 10.3 Å². The summed E-state index contributed by atoms with van der Waals surface area (Å²) < 4.78 is 0. The van der Waals surface area contributed by atoms with E-state index < -0.39 is 0 Å². The van der Waals surface area contributed by atoms with Crippen molar-refractivity contribution in [3.8, 4) is 0 Å². The summed E-state index contributed by atoms with van der Waals surface area (Å²) >= 11 is 10.8. The van der Waals surface area contributed by atoms with Gasteiger partial charge in [0.2, 0.25) is 0 Å². The van der Waals surface area contributed by atoms with Crippen LogP contribution in [-0.4, -0.2) is 10.4 Å². The number of allylic oxidation sites excluding steroid dienone is 1. The predicted molar refractivity (Wildman–Crippen MR) is 35.3 cm³/mol. The van der Waals surface area contributed by atoms with Gasteiger partial charge in [0.1, 0.15) is 5.16 Å². The molecule has 0 amide bonds. The van der Waals surface area contributed by atoms with Gasteiger partial charge in [0.25, 0.3) is 0 Å². The first kappa shape index (κ1) is 6.67. The van der Waals surface area contributed by atoms with Gasteiger partial charge in [-0.2, -0.15) is 0 Å². The molecule has 0 saturated heterocycles. The van der Waals surface area contributed by atoms with Crippen LogP contribution in [0, 0.1) is 0 Å². The molecule has 9 heavy (non-hydrogen) atoms. The van der Waals surface area contributed by atoms with E-state index in [2.05, 4.69) is 10.5 Å². The Bertz CT molecular complexity index is 175. The fraction of sp³-hybridized carbons (Fsp3) is 0. The van der Waals surface area contributed by atoms with Crippen molar-refractivity contribution in [1.29, 1.82) is 0 Å². The minimum Gasteiger partial charge on any atom is -0.255 e. The molecule has 1 aliphatic heterocycles. The maximum absolute atomic E-state index is 6.86. The summed E-state index contributed by atoms with van der Waals surface area (Å²) in [4.78, 5) is 0. The molecule has 0 spiro atoms. The molecule has 1 radical (unpaired) electrons. The van der Waals surface area contributed by atoms with Gasteiger partial charge in [0.05, 0.1) is 0 Å². The minimum atomic E-state index is 0.189. The van der Waals surface area contributed by atoms with Gasteiger partial charge in [-0.1, -0.05) is 23.2 Å². The lowest BCUT2D eigenvalue weighted by atomic mass is 10.6. The second-order valence-electron chi connectivity index (χ2n) is 1.34. The molecule has 6 heteroatoms. The molecule has 49 valence electrons. The second kappa shape index (κ2) is 2.43. The third-order valence-electron chi connectivity index (χ3n) is 0.654. The summed E-state index contributed by atoms with van der Waals surface area (Å²) in [5, 5.41) is 4.60. The Morgan fingerprint density at radius 1 is 1.67 bits per heavy atom. The number of hydrogen-bond acceptors (Lipinski definition) is 3. The van der Waals surface area contributed by atoms with Crippen molar-refractivity contribution in [3.63, 3.8) is 0 Å². The molecule has 1 aliphatic rings. The molecule has 0 saturated carbocycles. The van der Waals surface area contributed by atoms with E-state index in [9.17, 15) is 0 Å². The van der Waals surface area contributed by atoms with Gasteiger partial charge in [-0.15, -0.1) is 16.2 Å². The van der Waals surface area contributed by atoms with Crippen molar-refractivity contribution in [2.75, 3.05) is 0 Å². The highest BCUT2D eigenvalue weighted by atomic mass is 35.5. The highest BCUT2D eigenvalue weighted by Gasteiger charge is 2.04. The van der Waals surface area contributed by atoms with Gasteiger partial charge in [0, 0.05) is 6.08 Å². The molecule has 1 heterocycles. The van der Waals surface area contributed by atoms with Crippen molar-refractivity contribution < 1.29 is 0 Å². The molecular weight excluding hydrogens is 163 g/mol. The molecular formula is C3H3Cl2N4. The van der Waals surface area contributed by atoms with Gasteiger partial charge >= 0.3 is 0 Å². The largest absolute Gasteiger partial charge is 0.255 e. The highest BCUT2D eigenvalue weighted by molar-refractivity contribution is 6.69. The molecule has 0 bridgehead atoms. The maximum atomic E-state index is 6.86. The van der Waals surface area contributed by atoms with E-state index in [1.807, 2.05) is 0 Å². The zero-order chi connectivity index (χ0) is 6.85. The van der Waals surface area contributed by atoms with Crippen LogP contribution in [0.4, 0.5) is 0 Å². The molecule has 0 aromatic carbocycles. The lowest BCUT2D eigenvalue weighted by Crippen LogP contribution is -2.33. The predicted octanol–water partition coefficient (Wildman–Crippen LogP) is 0.637. The van der Waals surface area contributed by atoms with Gasteiger partial charge in [0.15, 0.2) is 5.17 Å². The van der Waals surface area contributed by atoms with Gasteiger partial charge in [-0.3, -0.25) is 5.43 Å². The van der Waals surface area contributed by atoms with Crippen LogP contribution in [0.1, 0.15) is 0 Å². The summed E-state index contributed by atoms with van der Waals surface area (Å²) in [7, 11) is 0. The number of nitrogens with zero attached hydrogens (tertiary/aromatic N) is 2. The molecule has 0 aromatic heterocycles. The van der Waals surface area contributed by atoms with Crippen LogP contribution in [0.5, 0.6) is 0 Å². The van der Waals surface area contributed by atoms with Crippen LogP contribution < -0.4 is 11.3 Å². The maximum Gasteiger partial charge on any atom is 0.155 e. The van der Waals surface area contributed by atoms with E-state index in [1.165, 1.54) is 6.08 Å². The molecule has 2 N–H and O–H groups in total. The van der Waals surface area contributed by atoms with Crippen molar-refractivity contribution >= 4 is 28.4 Å². The molecule has 0 fully saturated rings. The van der Waals surface area contributed by atoms with E-state index in [0.29, 0.717) is 5.23 Å². The fourth-order valence-electron chi connectivity index (χ4n) is 0.387. The summed E-state index contributed by atoms with van der Waals surface area (Å²) in [5.41, 5.74) is 2.36. The lowest BCUT2D eigenvalue weighted by Gasteiger charge is -2.15. The van der Waals surface area contributed by atoms with Crippen LogP contribution in [0.15, 0.2) is 16.3 Å². The van der Waals surface area contributed by atoms with Gasteiger partial charge in [-0.25, -0.2) is 0 Å².